The number of H-pyrrole nitrogens is 1. The van der Waals surface area contributed by atoms with E-state index >= 15 is 0 Å². The maximum Gasteiger partial charge on any atom is 0.274 e. The van der Waals surface area contributed by atoms with Gasteiger partial charge in [0.25, 0.3) is 5.91 Å². The minimum absolute atomic E-state index is 0. The molecule has 2 aliphatic heterocycles. The van der Waals surface area contributed by atoms with Gasteiger partial charge < -0.3 is 10.2 Å². The molecule has 118 valence electrons. The van der Waals surface area contributed by atoms with Gasteiger partial charge in [-0.3, -0.25) is 9.89 Å². The Morgan fingerprint density at radius 2 is 2.24 bits per heavy atom. The zero-order chi connectivity index (χ0) is 13.9. The highest BCUT2D eigenvalue weighted by Crippen LogP contribution is 2.23. The van der Waals surface area contributed by atoms with Crippen molar-refractivity contribution in [2.24, 2.45) is 5.92 Å². The number of nitrogens with one attached hydrogen (secondary N) is 2. The molecule has 0 bridgehead atoms. The predicted molar refractivity (Wildman–Crippen MR) is 84.8 cm³/mol. The summed E-state index contributed by atoms with van der Waals surface area (Å²) in [6, 6.07) is 0. The fourth-order valence-electron chi connectivity index (χ4n) is 3.33. The molecule has 0 spiro atoms. The fraction of sp³-hybridized carbons (Fsp3) is 0.733. The number of carbonyl (C=O) groups is 1. The number of likely N-dealkylation sites (tertiary alicyclic amines) is 1. The summed E-state index contributed by atoms with van der Waals surface area (Å²) in [6.45, 7) is 5.73. The number of aromatic amines is 1. The molecule has 0 aliphatic carbocycles. The van der Waals surface area contributed by atoms with Gasteiger partial charge in [0.2, 0.25) is 0 Å². The van der Waals surface area contributed by atoms with Crippen LogP contribution in [0, 0.1) is 5.92 Å². The Morgan fingerprint density at radius 3 is 3.05 bits per heavy atom. The van der Waals surface area contributed by atoms with E-state index in [9.17, 15) is 4.79 Å². The topological polar surface area (TPSA) is 61.0 Å². The van der Waals surface area contributed by atoms with Crippen molar-refractivity contribution in [1.82, 2.24) is 20.4 Å². The highest BCUT2D eigenvalue weighted by Gasteiger charge is 2.27. The zero-order valence-electron chi connectivity index (χ0n) is 12.7. The Morgan fingerprint density at radius 1 is 1.38 bits per heavy atom. The second-order valence-electron chi connectivity index (χ2n) is 5.95. The Kier molecular flexibility index (Phi) is 5.65. The van der Waals surface area contributed by atoms with Crippen molar-refractivity contribution >= 4 is 18.3 Å². The molecule has 1 saturated heterocycles. The number of rotatable bonds is 2. The third-order valence-corrected chi connectivity index (χ3v) is 4.72. The third-order valence-electron chi connectivity index (χ3n) is 4.72. The molecular formula is C15H25ClN4O. The van der Waals surface area contributed by atoms with Crippen molar-refractivity contribution in [1.29, 1.82) is 0 Å². The van der Waals surface area contributed by atoms with Crippen LogP contribution < -0.4 is 5.32 Å². The summed E-state index contributed by atoms with van der Waals surface area (Å²) >= 11 is 0. The lowest BCUT2D eigenvalue weighted by molar-refractivity contribution is 0.0752. The lowest BCUT2D eigenvalue weighted by atomic mass is 9.98. The number of halogens is 1. The normalized spacial score (nSPS) is 22.1. The van der Waals surface area contributed by atoms with Crippen molar-refractivity contribution < 1.29 is 4.79 Å². The molecule has 21 heavy (non-hydrogen) atoms. The Hall–Kier alpha value is -1.07. The highest BCUT2D eigenvalue weighted by molar-refractivity contribution is 5.94. The number of hydrogen-bond donors (Lipinski definition) is 2. The standard InChI is InChI=1S/C15H24N4O.ClH/c1-2-11-4-3-8-19(9-6-11)15(20)14-12-10-16-7-5-13(12)17-18-14;/h11,16H,2-10H2,1H3,(H,17,18);1H. The first kappa shape index (κ1) is 16.3. The van der Waals surface area contributed by atoms with Crippen LogP contribution in [0.25, 0.3) is 0 Å². The second-order valence-corrected chi connectivity index (χ2v) is 5.95. The number of nitrogens with zero attached hydrogens (tertiary/aromatic N) is 2. The van der Waals surface area contributed by atoms with Gasteiger partial charge in [0, 0.05) is 43.9 Å². The Balaban J connectivity index is 0.00000161. The maximum absolute atomic E-state index is 12.7. The number of amides is 1. The van der Waals surface area contributed by atoms with Crippen molar-refractivity contribution in [2.45, 2.75) is 45.6 Å². The van der Waals surface area contributed by atoms with Crippen LogP contribution in [0.1, 0.15) is 54.4 Å². The summed E-state index contributed by atoms with van der Waals surface area (Å²) in [5.41, 5.74) is 2.85. The monoisotopic (exact) mass is 312 g/mol. The summed E-state index contributed by atoms with van der Waals surface area (Å²) in [5.74, 6) is 0.894. The molecule has 3 heterocycles. The highest BCUT2D eigenvalue weighted by atomic mass is 35.5. The van der Waals surface area contributed by atoms with Crippen LogP contribution in [0.4, 0.5) is 0 Å². The SMILES string of the molecule is CCC1CCCN(C(=O)c2n[nH]c3c2CNCC3)CC1.Cl. The third kappa shape index (κ3) is 3.40. The van der Waals surface area contributed by atoms with E-state index < -0.39 is 0 Å². The van der Waals surface area contributed by atoms with Gasteiger partial charge in [-0.15, -0.1) is 12.4 Å². The van der Waals surface area contributed by atoms with Crippen LogP contribution in [-0.2, 0) is 13.0 Å². The average molecular weight is 313 g/mol. The molecule has 1 aromatic rings. The number of hydrogen-bond acceptors (Lipinski definition) is 3. The summed E-state index contributed by atoms with van der Waals surface area (Å²) in [4.78, 5) is 14.7. The average Bonchev–Trinajstić information content (AvgIpc) is 2.76. The van der Waals surface area contributed by atoms with Crippen LogP contribution in [-0.4, -0.2) is 40.6 Å². The molecule has 5 nitrogen and oxygen atoms in total. The molecule has 1 atom stereocenters. The molecule has 6 heteroatoms. The van der Waals surface area contributed by atoms with E-state index in [2.05, 4.69) is 22.4 Å². The van der Waals surface area contributed by atoms with E-state index in [1.807, 2.05) is 4.90 Å². The van der Waals surface area contributed by atoms with Crippen molar-refractivity contribution in [3.05, 3.63) is 17.0 Å². The van der Waals surface area contributed by atoms with Gasteiger partial charge in [-0.05, 0) is 25.2 Å². The Labute approximate surface area is 132 Å². The summed E-state index contributed by atoms with van der Waals surface area (Å²) in [6.07, 6.45) is 5.67. The quantitative estimate of drug-likeness (QED) is 0.879. The van der Waals surface area contributed by atoms with Gasteiger partial charge in [-0.25, -0.2) is 0 Å². The lowest BCUT2D eigenvalue weighted by Crippen LogP contribution is -2.34. The molecule has 0 saturated carbocycles. The molecule has 1 aromatic heterocycles. The van der Waals surface area contributed by atoms with Gasteiger partial charge in [0.1, 0.15) is 0 Å². The summed E-state index contributed by atoms with van der Waals surface area (Å²) in [5, 5.41) is 10.7. The number of fused-ring (bicyclic) bond motifs is 1. The summed E-state index contributed by atoms with van der Waals surface area (Å²) < 4.78 is 0. The van der Waals surface area contributed by atoms with Gasteiger partial charge in [-0.2, -0.15) is 5.10 Å². The van der Waals surface area contributed by atoms with Crippen molar-refractivity contribution in [3.8, 4) is 0 Å². The second kappa shape index (κ2) is 7.27. The Bertz CT molecular complexity index is 488. The van der Waals surface area contributed by atoms with E-state index in [1.54, 1.807) is 0 Å². The molecule has 1 fully saturated rings. The maximum atomic E-state index is 12.7. The van der Waals surface area contributed by atoms with E-state index in [0.29, 0.717) is 5.69 Å². The van der Waals surface area contributed by atoms with E-state index in [-0.39, 0.29) is 18.3 Å². The molecule has 3 rings (SSSR count). The predicted octanol–water partition coefficient (Wildman–Crippen LogP) is 2.13. The van der Waals surface area contributed by atoms with Crippen LogP contribution in [0.5, 0.6) is 0 Å². The minimum atomic E-state index is 0. The van der Waals surface area contributed by atoms with Gasteiger partial charge in [0.15, 0.2) is 5.69 Å². The van der Waals surface area contributed by atoms with Crippen LogP contribution in [0.2, 0.25) is 0 Å². The smallest absolute Gasteiger partial charge is 0.274 e. The van der Waals surface area contributed by atoms with Crippen LogP contribution in [0.3, 0.4) is 0 Å². The van der Waals surface area contributed by atoms with Crippen LogP contribution >= 0.6 is 12.4 Å². The van der Waals surface area contributed by atoms with Gasteiger partial charge in [-0.1, -0.05) is 13.3 Å². The minimum Gasteiger partial charge on any atom is -0.337 e. The first-order valence-electron chi connectivity index (χ1n) is 7.85. The number of aromatic nitrogens is 2. The molecule has 0 aromatic carbocycles. The first-order valence-corrected chi connectivity index (χ1v) is 7.85. The van der Waals surface area contributed by atoms with Gasteiger partial charge >= 0.3 is 0 Å². The molecule has 1 amide bonds. The fourth-order valence-corrected chi connectivity index (χ4v) is 3.33. The zero-order valence-corrected chi connectivity index (χ0v) is 13.5. The molecule has 2 N–H and O–H groups in total. The largest absolute Gasteiger partial charge is 0.337 e. The number of carbonyl (C=O) groups excluding carboxylic acids is 1. The first-order chi connectivity index (χ1) is 9.79. The lowest BCUT2D eigenvalue weighted by Gasteiger charge is -2.21. The van der Waals surface area contributed by atoms with Crippen molar-refractivity contribution in [2.75, 3.05) is 19.6 Å². The van der Waals surface area contributed by atoms with E-state index in [4.69, 9.17) is 0 Å². The molecule has 1 unspecified atom stereocenters. The summed E-state index contributed by atoms with van der Waals surface area (Å²) in [7, 11) is 0. The van der Waals surface area contributed by atoms with E-state index in [1.165, 1.54) is 12.8 Å². The molecule has 2 aliphatic rings. The molecular weight excluding hydrogens is 288 g/mol. The van der Waals surface area contributed by atoms with Crippen LogP contribution in [0.15, 0.2) is 0 Å². The van der Waals surface area contributed by atoms with Crippen molar-refractivity contribution in [3.63, 3.8) is 0 Å². The molecule has 0 radical (unpaired) electrons. The van der Waals surface area contributed by atoms with E-state index in [0.717, 1.165) is 62.6 Å². The van der Waals surface area contributed by atoms with Gasteiger partial charge in [0.05, 0.1) is 0 Å².